The van der Waals surface area contributed by atoms with Crippen molar-refractivity contribution in [2.45, 2.75) is 171 Å². The molecule has 25 nitrogen and oxygen atoms in total. The maximum Gasteiger partial charge on any atom is 0.408 e. The smallest absolute Gasteiger partial charge is 0.408 e. The Morgan fingerprint density at radius 3 is 2.05 bits per heavy atom. The number of anilines is 2. The van der Waals surface area contributed by atoms with Crippen LogP contribution < -0.4 is 21.6 Å². The predicted octanol–water partition coefficient (Wildman–Crippen LogP) is 5.35. The molecule has 3 aromatic carbocycles. The number of rotatable bonds is 19. The van der Waals surface area contributed by atoms with E-state index in [-0.39, 0.29) is 42.0 Å². The molecule has 2 saturated heterocycles. The maximum absolute atomic E-state index is 14.9. The normalized spacial score (nSPS) is 28.4. The number of alkyl halides is 4. The number of aryl methyl sites for hydroxylation is 1. The summed E-state index contributed by atoms with van der Waals surface area (Å²) in [4.78, 5) is 96.2. The molecule has 3 aliphatic carbocycles. The summed E-state index contributed by atoms with van der Waals surface area (Å²) in [6.45, 7) is 12.5. The highest BCUT2D eigenvalue weighted by molar-refractivity contribution is 6.18. The van der Waals surface area contributed by atoms with Gasteiger partial charge in [-0.15, -0.1) is 23.2 Å². The summed E-state index contributed by atoms with van der Waals surface area (Å²) in [7, 11) is 0. The Balaban J connectivity index is 0.000000278. The number of aliphatic hydroxyl groups excluding tert-OH is 5. The van der Waals surface area contributed by atoms with Gasteiger partial charge in [-0.2, -0.15) is 13.8 Å². The van der Waals surface area contributed by atoms with E-state index in [0.717, 1.165) is 49.9 Å². The quantitative estimate of drug-likeness (QED) is 0.0247. The molecule has 3 heterocycles. The Bertz CT molecular complexity index is 3470. The number of ether oxygens (including phenoxy) is 6. The fourth-order valence-corrected chi connectivity index (χ4v) is 13.6. The van der Waals surface area contributed by atoms with Crippen molar-refractivity contribution in [2.24, 2.45) is 16.7 Å². The van der Waals surface area contributed by atoms with Crippen LogP contribution in [-0.4, -0.2) is 191 Å². The van der Waals surface area contributed by atoms with Gasteiger partial charge in [-0.25, -0.2) is 19.2 Å². The topological polar surface area (TPSA) is 376 Å². The van der Waals surface area contributed by atoms with Gasteiger partial charge in [0, 0.05) is 68.3 Å². The van der Waals surface area contributed by atoms with Crippen molar-refractivity contribution < 1.29 is 102 Å². The zero-order valence-corrected chi connectivity index (χ0v) is 55.2. The van der Waals surface area contributed by atoms with E-state index in [0.29, 0.717) is 28.3 Å². The highest BCUT2D eigenvalue weighted by Gasteiger charge is 2.78. The van der Waals surface area contributed by atoms with Crippen molar-refractivity contribution in [1.29, 1.82) is 0 Å². The minimum atomic E-state index is -3.71. The molecule has 9 rings (SSSR count). The lowest BCUT2D eigenvalue weighted by molar-refractivity contribution is -0.346. The fraction of sp³-hybridized carbons (Fsp3) is 0.545. The molecule has 0 unspecified atom stereocenters. The van der Waals surface area contributed by atoms with Gasteiger partial charge in [-0.3, -0.25) is 19.0 Å². The van der Waals surface area contributed by atoms with Gasteiger partial charge in [0.15, 0.2) is 23.6 Å². The number of hydrogen-bond donors (Lipinski definition) is 9. The Morgan fingerprint density at radius 1 is 0.916 bits per heavy atom. The van der Waals surface area contributed by atoms with Gasteiger partial charge in [0.05, 0.1) is 42.3 Å². The number of carbonyl (C=O) groups excluding carboxylic acids is 5. The molecule has 14 atom stereocenters. The zero-order chi connectivity index (χ0) is 70.3. The van der Waals surface area contributed by atoms with Gasteiger partial charge >= 0.3 is 41.6 Å². The van der Waals surface area contributed by atoms with Gasteiger partial charge < -0.3 is 80.1 Å². The molecule has 0 spiro atoms. The van der Waals surface area contributed by atoms with Crippen LogP contribution in [-0.2, 0) is 54.0 Å². The first-order valence-corrected chi connectivity index (χ1v) is 31.8. The number of esters is 3. The van der Waals surface area contributed by atoms with Gasteiger partial charge in [0.2, 0.25) is 6.23 Å². The fourth-order valence-electron chi connectivity index (χ4n) is 13.2. The number of nitrogens with zero attached hydrogens (tertiary/aromatic N) is 3. The van der Waals surface area contributed by atoms with E-state index < -0.39 is 155 Å². The van der Waals surface area contributed by atoms with Crippen LogP contribution in [0.3, 0.4) is 0 Å². The Morgan fingerprint density at radius 2 is 1.53 bits per heavy atom. The van der Waals surface area contributed by atoms with Gasteiger partial charge in [-0.1, -0.05) is 74.5 Å². The number of hydrogen-bond acceptors (Lipinski definition) is 22. The molecule has 520 valence electrons. The summed E-state index contributed by atoms with van der Waals surface area (Å²) in [5, 5.41) is 78.3. The van der Waals surface area contributed by atoms with Crippen LogP contribution in [0.5, 0.6) is 0 Å². The van der Waals surface area contributed by atoms with Crippen molar-refractivity contribution in [2.75, 3.05) is 48.7 Å². The van der Waals surface area contributed by atoms with Crippen LogP contribution in [0.25, 0.3) is 0 Å². The number of carboxylic acids is 1. The summed E-state index contributed by atoms with van der Waals surface area (Å²) in [5.74, 6) is -8.80. The van der Waals surface area contributed by atoms with Crippen LogP contribution in [0.1, 0.15) is 115 Å². The second-order valence-electron chi connectivity index (χ2n) is 25.7. The van der Waals surface area contributed by atoms with Gasteiger partial charge in [-0.05, 0) is 100 Å². The number of benzene rings is 3. The molecule has 1 amide bonds. The van der Waals surface area contributed by atoms with E-state index >= 15 is 0 Å². The van der Waals surface area contributed by atoms with Crippen LogP contribution in [0, 0.1) is 16.7 Å². The standard InChI is InChI=1S/C43H53NO14.C14H19Cl2NO2.C9H11F2N3O4/c1-22-26(55-37(51)32(48)30(24-15-11-9-12-16-24)44-38(52)58-39(3,4)5)20-43(53)35(56-36(50)25-17-13-10-14-18-25)33-41(8,34(49)31(47)29(22)40(43,6)7)27(46)19-28-42(33,21-54-28)57-23(2)45;15-8-10-17(11-9-16)13-6-4-12(5-7-13)2-1-3-14(18)19;10-9(11)6(16)4(3-15)18-7(9)14-2-1-5(12)13-8(14)17/h9-18,26-28,30-33,35,46-48,53H,19-21H2,1-8H3,(H,44,52);4-7H,1-3,8-11H2,(H,18,19);1-2,4,6-7,15-16H,3H2,(H2,12,13,17)/t26-,27-,28+,30-,31+,32+,33-,35-,41+,42-,43+;;4-,6-,7-/m0.1/s1. The first-order chi connectivity index (χ1) is 44.5. The number of ketones is 1. The first-order valence-electron chi connectivity index (χ1n) is 30.7. The minimum absolute atomic E-state index is 0.0637. The first kappa shape index (κ1) is 75.2. The molecule has 4 aromatic rings. The van der Waals surface area contributed by atoms with Crippen LogP contribution >= 0.6 is 23.2 Å². The number of nitrogen functional groups attached to an aromatic ring is 1. The second kappa shape index (κ2) is 30.5. The highest BCUT2D eigenvalue weighted by Crippen LogP contribution is 2.64. The SMILES string of the molecule is CC(=O)O[C@@]12CO[C@@H]1C[C@H](O)[C@@]1(C)C(=O)[C@H](O)C3=C(C)[C@@H](OC(=O)[C@H](O)[C@@H](NC(=O)OC(C)(C)C)c4ccccc4)C[C@@](O)([C@@H](OC(=O)c4ccccc4)[C@H]21)C3(C)C.Nc1ccn([C@@H]2O[C@H](CO)[C@@H](O)C2(F)F)c(=O)n1.O=C(O)CCCc1ccc(N(CCCl)CCCl)cc1. The van der Waals surface area contributed by atoms with Crippen molar-refractivity contribution >= 4 is 70.5 Å². The number of amides is 1. The lowest BCUT2D eigenvalue weighted by Gasteiger charge is -2.67. The molecule has 10 N–H and O–H groups in total. The number of carboxylic acid groups (broad SMARTS) is 1. The van der Waals surface area contributed by atoms with Gasteiger partial charge in [0.25, 0.3) is 0 Å². The number of nitrogens with two attached hydrogens (primary N) is 1. The molecular formula is C66H83Cl2F2N5O20. The van der Waals surface area contributed by atoms with Crippen LogP contribution in [0.15, 0.2) is 113 Å². The number of aliphatic carboxylic acids is 1. The number of carbonyl (C=O) groups is 6. The number of Topliss-reactive ketones (excluding diaryl/α,β-unsaturated/α-hetero) is 1. The summed E-state index contributed by atoms with van der Waals surface area (Å²) in [5.41, 5.74) is -1.67. The minimum Gasteiger partial charge on any atom is -0.481 e. The number of nitrogens with one attached hydrogen (secondary N) is 1. The summed E-state index contributed by atoms with van der Waals surface area (Å²) in [6.07, 6.45) is -14.5. The molecule has 29 heteroatoms. The highest BCUT2D eigenvalue weighted by atomic mass is 35.5. The molecule has 5 aliphatic rings. The van der Waals surface area contributed by atoms with E-state index in [2.05, 4.69) is 15.2 Å². The molecule has 2 bridgehead atoms. The zero-order valence-electron chi connectivity index (χ0n) is 53.7. The molecule has 95 heavy (non-hydrogen) atoms. The predicted molar refractivity (Wildman–Crippen MR) is 339 cm³/mol. The number of aliphatic hydroxyl groups is 6. The average molecular weight is 1380 g/mol. The van der Waals surface area contributed by atoms with E-state index in [4.69, 9.17) is 67.6 Å². The molecule has 2 aliphatic heterocycles. The number of aromatic nitrogens is 2. The summed E-state index contributed by atoms with van der Waals surface area (Å²) < 4.78 is 62.2. The maximum atomic E-state index is 14.9. The number of fused-ring (bicyclic) bond motifs is 5. The summed E-state index contributed by atoms with van der Waals surface area (Å²) in [6, 6.07) is 23.9. The molecule has 2 saturated carbocycles. The third kappa shape index (κ3) is 16.0. The van der Waals surface area contributed by atoms with E-state index in [1.807, 2.05) is 24.3 Å². The van der Waals surface area contributed by atoms with E-state index in [9.17, 15) is 67.9 Å². The second-order valence-corrected chi connectivity index (χ2v) is 26.5. The molecular weight excluding hydrogens is 1290 g/mol. The summed E-state index contributed by atoms with van der Waals surface area (Å²) >= 11 is 11.5. The average Bonchev–Trinajstić information content (AvgIpc) is 1.04. The molecule has 4 fully saturated rings. The van der Waals surface area contributed by atoms with E-state index in [1.54, 1.807) is 83.1 Å². The lowest BCUT2D eigenvalue weighted by Crippen LogP contribution is -2.81. The van der Waals surface area contributed by atoms with Crippen LogP contribution in [0.2, 0.25) is 0 Å². The largest absolute Gasteiger partial charge is 0.481 e. The number of alkyl carbamates (subject to hydrolysis) is 1. The third-order valence-corrected chi connectivity index (χ3v) is 18.4. The van der Waals surface area contributed by atoms with E-state index in [1.165, 1.54) is 26.0 Å². The molecule has 1 aromatic heterocycles. The number of halogens is 4. The Labute approximate surface area is 557 Å². The van der Waals surface area contributed by atoms with Crippen molar-refractivity contribution in [3.63, 3.8) is 0 Å². The Hall–Kier alpha value is -7.18. The van der Waals surface area contributed by atoms with Gasteiger partial charge in [0.1, 0.15) is 47.5 Å². The van der Waals surface area contributed by atoms with Crippen LogP contribution in [0.4, 0.5) is 25.1 Å². The van der Waals surface area contributed by atoms with Crippen molar-refractivity contribution in [3.8, 4) is 0 Å². The monoisotopic (exact) mass is 1370 g/mol. The molecule has 0 radical (unpaired) electrons. The van der Waals surface area contributed by atoms with Crippen molar-refractivity contribution in [1.82, 2.24) is 14.9 Å². The van der Waals surface area contributed by atoms with Crippen molar-refractivity contribution in [3.05, 3.63) is 136 Å². The third-order valence-electron chi connectivity index (χ3n) is 18.1. The lowest BCUT2D eigenvalue weighted by atomic mass is 9.44. The Kier molecular flexibility index (Phi) is 24.1.